The molecule has 1 aliphatic rings. The normalized spacial score (nSPS) is 20.6. The van der Waals surface area contributed by atoms with Crippen LogP contribution < -0.4 is 0 Å². The number of aromatic nitrogens is 4. The van der Waals surface area contributed by atoms with Gasteiger partial charge in [0.05, 0.1) is 7.05 Å². The van der Waals surface area contributed by atoms with E-state index in [2.05, 4.69) is 15.4 Å². The van der Waals surface area contributed by atoms with Gasteiger partial charge in [-0.05, 0) is 18.1 Å². The lowest BCUT2D eigenvalue weighted by Gasteiger charge is -2.10. The van der Waals surface area contributed by atoms with Crippen molar-refractivity contribution in [2.24, 2.45) is 7.05 Å². The van der Waals surface area contributed by atoms with Crippen molar-refractivity contribution in [3.63, 3.8) is 0 Å². The van der Waals surface area contributed by atoms with Crippen LogP contribution in [0.1, 0.15) is 63.1 Å². The first-order valence-corrected chi connectivity index (χ1v) is 6.10. The lowest BCUT2D eigenvalue weighted by molar-refractivity contribution is 0.512. The number of hydrogen-bond donors (Lipinski definition) is 0. The predicted molar refractivity (Wildman–Crippen MR) is 58.5 cm³/mol. The highest BCUT2D eigenvalue weighted by Gasteiger charge is 2.17. The molecule has 0 aliphatic heterocycles. The van der Waals surface area contributed by atoms with Crippen LogP contribution in [0.25, 0.3) is 0 Å². The molecule has 1 fully saturated rings. The standard InChI is InChI=1S/C11H20N4/c1-15-13-11(12-14-15)10-8-6-4-2-3-5-7-9-10/h10H,2-9H2,1H3. The molecule has 0 atom stereocenters. The van der Waals surface area contributed by atoms with Crippen LogP contribution in [0.5, 0.6) is 0 Å². The van der Waals surface area contributed by atoms with Crippen LogP contribution in [0, 0.1) is 0 Å². The second-order valence-corrected chi connectivity index (χ2v) is 4.53. The van der Waals surface area contributed by atoms with Gasteiger partial charge in [-0.2, -0.15) is 4.80 Å². The maximum Gasteiger partial charge on any atom is 0.177 e. The van der Waals surface area contributed by atoms with Crippen molar-refractivity contribution in [2.75, 3.05) is 0 Å². The number of aryl methyl sites for hydroxylation is 1. The van der Waals surface area contributed by atoms with Crippen LogP contribution in [-0.2, 0) is 7.05 Å². The van der Waals surface area contributed by atoms with Crippen molar-refractivity contribution in [3.8, 4) is 0 Å². The Morgan fingerprint density at radius 1 is 1.00 bits per heavy atom. The quantitative estimate of drug-likeness (QED) is 0.712. The van der Waals surface area contributed by atoms with E-state index in [0.29, 0.717) is 5.92 Å². The van der Waals surface area contributed by atoms with Crippen LogP contribution in [0.2, 0.25) is 0 Å². The van der Waals surface area contributed by atoms with Crippen molar-refractivity contribution >= 4 is 0 Å². The van der Waals surface area contributed by atoms with Crippen LogP contribution in [0.3, 0.4) is 0 Å². The lowest BCUT2D eigenvalue weighted by Crippen LogP contribution is -2.02. The molecule has 1 aliphatic carbocycles. The van der Waals surface area contributed by atoms with Crippen LogP contribution in [-0.4, -0.2) is 20.2 Å². The van der Waals surface area contributed by atoms with Gasteiger partial charge in [0, 0.05) is 5.92 Å². The summed E-state index contributed by atoms with van der Waals surface area (Å²) in [7, 11) is 1.84. The second-order valence-electron chi connectivity index (χ2n) is 4.53. The topological polar surface area (TPSA) is 43.6 Å². The molecule has 1 aromatic heterocycles. The van der Waals surface area contributed by atoms with Crippen LogP contribution in [0.15, 0.2) is 0 Å². The van der Waals surface area contributed by atoms with Crippen molar-refractivity contribution in [1.82, 2.24) is 20.2 Å². The molecule has 2 rings (SSSR count). The summed E-state index contributed by atoms with van der Waals surface area (Å²) in [6.07, 6.45) is 10.7. The molecular weight excluding hydrogens is 188 g/mol. The highest BCUT2D eigenvalue weighted by Crippen LogP contribution is 2.27. The van der Waals surface area contributed by atoms with E-state index in [1.54, 1.807) is 4.80 Å². The summed E-state index contributed by atoms with van der Waals surface area (Å²) >= 11 is 0. The minimum absolute atomic E-state index is 0.553. The van der Waals surface area contributed by atoms with E-state index in [1.165, 1.54) is 51.4 Å². The third-order valence-electron chi connectivity index (χ3n) is 3.24. The average Bonchev–Trinajstić information content (AvgIpc) is 2.69. The SMILES string of the molecule is Cn1nnc(C2CCCCCCCC2)n1. The molecule has 1 saturated carbocycles. The third kappa shape index (κ3) is 3.01. The zero-order valence-corrected chi connectivity index (χ0v) is 9.52. The Balaban J connectivity index is 1.98. The molecule has 4 nitrogen and oxygen atoms in total. The average molecular weight is 208 g/mol. The summed E-state index contributed by atoms with van der Waals surface area (Å²) in [4.78, 5) is 1.57. The molecule has 0 saturated heterocycles. The highest BCUT2D eigenvalue weighted by atomic mass is 15.6. The molecule has 4 heteroatoms. The zero-order valence-electron chi connectivity index (χ0n) is 9.52. The first kappa shape index (κ1) is 10.6. The molecule has 0 unspecified atom stereocenters. The molecule has 0 spiro atoms. The van der Waals surface area contributed by atoms with E-state index in [4.69, 9.17) is 0 Å². The number of nitrogens with zero attached hydrogens (tertiary/aromatic N) is 4. The molecule has 0 aromatic carbocycles. The molecule has 0 radical (unpaired) electrons. The van der Waals surface area contributed by atoms with Gasteiger partial charge in [0.2, 0.25) is 0 Å². The Morgan fingerprint density at radius 2 is 1.60 bits per heavy atom. The smallest absolute Gasteiger partial charge is 0.167 e. The minimum Gasteiger partial charge on any atom is -0.167 e. The highest BCUT2D eigenvalue weighted by molar-refractivity contribution is 4.91. The van der Waals surface area contributed by atoms with Gasteiger partial charge in [0.1, 0.15) is 0 Å². The monoisotopic (exact) mass is 208 g/mol. The Labute approximate surface area is 91.1 Å². The molecule has 15 heavy (non-hydrogen) atoms. The van der Waals surface area contributed by atoms with Crippen molar-refractivity contribution in [1.29, 1.82) is 0 Å². The van der Waals surface area contributed by atoms with Crippen LogP contribution >= 0.6 is 0 Å². The van der Waals surface area contributed by atoms with Gasteiger partial charge >= 0.3 is 0 Å². The van der Waals surface area contributed by atoms with E-state index in [0.717, 1.165) is 5.82 Å². The number of rotatable bonds is 1. The summed E-state index contributed by atoms with van der Waals surface area (Å²) in [5.41, 5.74) is 0. The third-order valence-corrected chi connectivity index (χ3v) is 3.24. The fraction of sp³-hybridized carbons (Fsp3) is 0.909. The summed E-state index contributed by atoms with van der Waals surface area (Å²) in [6.45, 7) is 0. The van der Waals surface area contributed by atoms with E-state index in [9.17, 15) is 0 Å². The van der Waals surface area contributed by atoms with Gasteiger partial charge in [0.25, 0.3) is 0 Å². The van der Waals surface area contributed by atoms with Gasteiger partial charge in [-0.3, -0.25) is 0 Å². The fourth-order valence-corrected chi connectivity index (χ4v) is 2.35. The molecule has 1 heterocycles. The summed E-state index contributed by atoms with van der Waals surface area (Å²) < 4.78 is 0. The Morgan fingerprint density at radius 3 is 2.13 bits per heavy atom. The van der Waals surface area contributed by atoms with Crippen molar-refractivity contribution < 1.29 is 0 Å². The Hall–Kier alpha value is -0.930. The molecule has 84 valence electrons. The zero-order chi connectivity index (χ0) is 10.5. The van der Waals surface area contributed by atoms with Crippen LogP contribution in [0.4, 0.5) is 0 Å². The van der Waals surface area contributed by atoms with Crippen molar-refractivity contribution in [3.05, 3.63) is 5.82 Å². The maximum absolute atomic E-state index is 4.33. The summed E-state index contributed by atoms with van der Waals surface area (Å²) in [5.74, 6) is 1.51. The van der Waals surface area contributed by atoms with Gasteiger partial charge in [-0.15, -0.1) is 10.2 Å². The van der Waals surface area contributed by atoms with Crippen molar-refractivity contribution in [2.45, 2.75) is 57.3 Å². The van der Waals surface area contributed by atoms with Gasteiger partial charge in [0.15, 0.2) is 5.82 Å². The summed E-state index contributed by atoms with van der Waals surface area (Å²) in [6, 6.07) is 0. The first-order chi connectivity index (χ1) is 7.36. The maximum atomic E-state index is 4.33. The van der Waals surface area contributed by atoms with E-state index in [1.807, 2.05) is 7.05 Å². The summed E-state index contributed by atoms with van der Waals surface area (Å²) in [5, 5.41) is 12.4. The van der Waals surface area contributed by atoms with E-state index >= 15 is 0 Å². The largest absolute Gasteiger partial charge is 0.177 e. The van der Waals surface area contributed by atoms with Gasteiger partial charge in [-0.1, -0.05) is 38.5 Å². The molecular formula is C11H20N4. The second kappa shape index (κ2) is 5.24. The molecule has 0 N–H and O–H groups in total. The Bertz CT molecular complexity index is 285. The number of hydrogen-bond acceptors (Lipinski definition) is 3. The molecule has 0 amide bonds. The predicted octanol–water partition coefficient (Wildman–Crippen LogP) is 2.43. The first-order valence-electron chi connectivity index (χ1n) is 6.10. The van der Waals surface area contributed by atoms with Gasteiger partial charge in [-0.25, -0.2) is 0 Å². The Kier molecular flexibility index (Phi) is 3.69. The van der Waals surface area contributed by atoms with E-state index < -0.39 is 0 Å². The number of tetrazole rings is 1. The van der Waals surface area contributed by atoms with E-state index in [-0.39, 0.29) is 0 Å². The molecule has 1 aromatic rings. The minimum atomic E-state index is 0.553. The van der Waals surface area contributed by atoms with Gasteiger partial charge < -0.3 is 0 Å². The lowest BCUT2D eigenvalue weighted by atomic mass is 9.96. The fourth-order valence-electron chi connectivity index (χ4n) is 2.35. The molecule has 0 bridgehead atoms.